The average Bonchev–Trinajstić information content (AvgIpc) is 2.73. The molecule has 0 amide bonds. The van der Waals surface area contributed by atoms with Gasteiger partial charge in [0.15, 0.2) is 5.78 Å². The highest BCUT2D eigenvalue weighted by atomic mass is 16.5. The van der Waals surface area contributed by atoms with Gasteiger partial charge >= 0.3 is 5.97 Å². The van der Waals surface area contributed by atoms with Crippen molar-refractivity contribution in [3.05, 3.63) is 35.9 Å². The van der Waals surface area contributed by atoms with Crippen molar-refractivity contribution in [2.24, 2.45) is 53.3 Å². The maximum atomic E-state index is 13.6. The van der Waals surface area contributed by atoms with Gasteiger partial charge in [0.25, 0.3) is 0 Å². The van der Waals surface area contributed by atoms with Gasteiger partial charge in [-0.05, 0) is 80.0 Å². The van der Waals surface area contributed by atoms with Crippen LogP contribution in [-0.2, 0) is 9.53 Å². The van der Waals surface area contributed by atoms with Crippen LogP contribution in [0.5, 0.6) is 0 Å². The first-order chi connectivity index (χ1) is 14.9. The second-order valence-corrected chi connectivity index (χ2v) is 11.6. The number of hydrogen-bond donors (Lipinski definition) is 0. The summed E-state index contributed by atoms with van der Waals surface area (Å²) in [6.07, 6.45) is 7.85. The number of esters is 1. The number of hydrogen-bond acceptors (Lipinski definition) is 3. The Labute approximate surface area is 187 Å². The van der Waals surface area contributed by atoms with E-state index in [1.165, 1.54) is 12.8 Å². The van der Waals surface area contributed by atoms with Gasteiger partial charge in [0, 0.05) is 11.5 Å². The summed E-state index contributed by atoms with van der Waals surface area (Å²) in [6.45, 7) is 6.81. The number of Topliss-reactive ketones (excluding diaryl/α,β-unsaturated/α-hetero) is 1. The Morgan fingerprint density at radius 1 is 0.903 bits per heavy atom. The monoisotopic (exact) mass is 422 g/mol. The van der Waals surface area contributed by atoms with E-state index >= 15 is 0 Å². The summed E-state index contributed by atoms with van der Waals surface area (Å²) < 4.78 is 6.35. The molecule has 0 unspecified atom stereocenters. The van der Waals surface area contributed by atoms with E-state index in [4.69, 9.17) is 4.74 Å². The van der Waals surface area contributed by atoms with E-state index in [1.807, 2.05) is 30.3 Å². The molecule has 0 N–H and O–H groups in total. The van der Waals surface area contributed by atoms with Gasteiger partial charge in [-0.1, -0.05) is 57.5 Å². The van der Waals surface area contributed by atoms with E-state index < -0.39 is 0 Å². The standard InChI is InChI=1S/C28H38O3/c1-16(2)22-10-9-17(3)11-24(22)31-28(30)26-21-13-18-12-20(15-21)25(23(26)14-18)27(29)19-7-5-4-6-8-19/h4-8,16-18,20-26H,9-15H2,1-3H3/t17-,18+,20-,21+,22+,23-,24-,25-,26-/m1/s1. The minimum atomic E-state index is -0.0736. The maximum Gasteiger partial charge on any atom is 0.309 e. The quantitative estimate of drug-likeness (QED) is 0.421. The molecule has 0 heterocycles. The summed E-state index contributed by atoms with van der Waals surface area (Å²) in [7, 11) is 0. The molecule has 4 bridgehead atoms. The summed E-state index contributed by atoms with van der Waals surface area (Å²) in [5, 5.41) is 0. The van der Waals surface area contributed by atoms with Crippen LogP contribution in [0.15, 0.2) is 30.3 Å². The van der Waals surface area contributed by atoms with Crippen LogP contribution in [0, 0.1) is 53.3 Å². The average molecular weight is 423 g/mol. The van der Waals surface area contributed by atoms with E-state index in [0.29, 0.717) is 35.5 Å². The lowest BCUT2D eigenvalue weighted by Crippen LogP contribution is -2.56. The summed E-state index contributed by atoms with van der Waals surface area (Å²) >= 11 is 0. The van der Waals surface area contributed by atoms with Crippen molar-refractivity contribution in [2.75, 3.05) is 0 Å². The van der Waals surface area contributed by atoms with Crippen molar-refractivity contribution in [1.29, 1.82) is 0 Å². The number of carbonyl (C=O) groups is 2. The lowest BCUT2D eigenvalue weighted by atomic mass is 9.47. The van der Waals surface area contributed by atoms with Gasteiger partial charge in [0.05, 0.1) is 5.92 Å². The zero-order chi connectivity index (χ0) is 21.7. The second kappa shape index (κ2) is 8.37. The predicted octanol–water partition coefficient (Wildman–Crippen LogP) is 6.17. The van der Waals surface area contributed by atoms with Crippen LogP contribution in [0.4, 0.5) is 0 Å². The molecule has 1 aromatic rings. The number of carbonyl (C=O) groups excluding carboxylic acids is 2. The predicted molar refractivity (Wildman–Crippen MR) is 121 cm³/mol. The van der Waals surface area contributed by atoms with Crippen LogP contribution in [0.3, 0.4) is 0 Å². The van der Waals surface area contributed by atoms with Crippen LogP contribution < -0.4 is 0 Å². The van der Waals surface area contributed by atoms with E-state index in [0.717, 1.165) is 37.7 Å². The fraction of sp³-hybridized carbons (Fsp3) is 0.714. The zero-order valence-electron chi connectivity index (χ0n) is 19.3. The van der Waals surface area contributed by atoms with E-state index in [2.05, 4.69) is 20.8 Å². The Morgan fingerprint density at radius 2 is 1.61 bits per heavy atom. The Hall–Kier alpha value is -1.64. The highest BCUT2D eigenvalue weighted by Crippen LogP contribution is 2.60. The fourth-order valence-electron chi connectivity index (χ4n) is 7.96. The molecule has 0 spiro atoms. The molecule has 0 aliphatic heterocycles. The van der Waals surface area contributed by atoms with Crippen LogP contribution in [0.1, 0.15) is 76.1 Å². The molecule has 1 aromatic carbocycles. The molecular weight excluding hydrogens is 384 g/mol. The van der Waals surface area contributed by atoms with Gasteiger partial charge in [0.1, 0.15) is 6.10 Å². The van der Waals surface area contributed by atoms with Crippen molar-refractivity contribution < 1.29 is 14.3 Å². The Balaban J connectivity index is 1.37. The highest BCUT2D eigenvalue weighted by Gasteiger charge is 2.58. The molecule has 0 saturated heterocycles. The molecule has 5 fully saturated rings. The third kappa shape index (κ3) is 3.87. The van der Waals surface area contributed by atoms with Crippen LogP contribution in [0.25, 0.3) is 0 Å². The van der Waals surface area contributed by atoms with Crippen molar-refractivity contribution >= 4 is 11.8 Å². The summed E-state index contributed by atoms with van der Waals surface area (Å²) in [5.74, 6) is 3.60. The molecule has 31 heavy (non-hydrogen) atoms. The number of rotatable bonds is 5. The molecule has 9 atom stereocenters. The van der Waals surface area contributed by atoms with E-state index in [-0.39, 0.29) is 35.6 Å². The molecule has 6 rings (SSSR count). The zero-order valence-corrected chi connectivity index (χ0v) is 19.3. The summed E-state index contributed by atoms with van der Waals surface area (Å²) in [6, 6.07) is 9.75. The smallest absolute Gasteiger partial charge is 0.309 e. The first-order valence-corrected chi connectivity index (χ1v) is 12.7. The second-order valence-electron chi connectivity index (χ2n) is 11.6. The van der Waals surface area contributed by atoms with Crippen molar-refractivity contribution in [3.8, 4) is 0 Å². The Morgan fingerprint density at radius 3 is 2.32 bits per heavy atom. The van der Waals surface area contributed by atoms with Gasteiger partial charge in [0.2, 0.25) is 0 Å². The first kappa shape index (κ1) is 21.2. The Bertz CT molecular complexity index is 815. The highest BCUT2D eigenvalue weighted by molar-refractivity contribution is 5.98. The molecular formula is C28H38O3. The van der Waals surface area contributed by atoms with Crippen molar-refractivity contribution in [2.45, 2.75) is 71.8 Å². The van der Waals surface area contributed by atoms with Crippen LogP contribution >= 0.6 is 0 Å². The molecule has 0 aromatic heterocycles. The maximum absolute atomic E-state index is 13.6. The van der Waals surface area contributed by atoms with Gasteiger partial charge in [-0.3, -0.25) is 9.59 Å². The lowest BCUT2D eigenvalue weighted by Gasteiger charge is -2.57. The molecule has 5 saturated carbocycles. The first-order valence-electron chi connectivity index (χ1n) is 12.7. The number of benzene rings is 1. The fourth-order valence-corrected chi connectivity index (χ4v) is 7.96. The van der Waals surface area contributed by atoms with Crippen LogP contribution in [0.2, 0.25) is 0 Å². The topological polar surface area (TPSA) is 43.4 Å². The van der Waals surface area contributed by atoms with Gasteiger partial charge in [-0.2, -0.15) is 0 Å². The molecule has 168 valence electrons. The molecule has 5 aliphatic rings. The van der Waals surface area contributed by atoms with E-state index in [1.54, 1.807) is 0 Å². The SMILES string of the molecule is CC(C)[C@@H]1CC[C@@H](C)C[C@H]1OC(=O)[C@@H]1[C@H]2C[C@@H]3C[C@H](C2)[C@@H](C(=O)c2ccccc2)[C@H]1C3. The minimum absolute atomic E-state index is 0.000995. The third-order valence-corrected chi connectivity index (χ3v) is 9.28. The molecule has 3 nitrogen and oxygen atoms in total. The molecule has 3 heteroatoms. The summed E-state index contributed by atoms with van der Waals surface area (Å²) in [5.41, 5.74) is 0.813. The van der Waals surface area contributed by atoms with E-state index in [9.17, 15) is 9.59 Å². The lowest BCUT2D eigenvalue weighted by molar-refractivity contribution is -0.177. The molecule has 5 aliphatic carbocycles. The van der Waals surface area contributed by atoms with Crippen LogP contribution in [-0.4, -0.2) is 17.9 Å². The van der Waals surface area contributed by atoms with Gasteiger partial charge in [-0.15, -0.1) is 0 Å². The normalized spacial score (nSPS) is 41.4. The number of ketones is 1. The largest absolute Gasteiger partial charge is 0.462 e. The summed E-state index contributed by atoms with van der Waals surface area (Å²) in [4.78, 5) is 27.2. The van der Waals surface area contributed by atoms with Gasteiger partial charge < -0.3 is 4.74 Å². The third-order valence-electron chi connectivity index (χ3n) is 9.28. The van der Waals surface area contributed by atoms with Crippen molar-refractivity contribution in [1.82, 2.24) is 0 Å². The van der Waals surface area contributed by atoms with Crippen molar-refractivity contribution in [3.63, 3.8) is 0 Å². The molecule has 0 radical (unpaired) electrons. The number of ether oxygens (including phenoxy) is 1. The Kier molecular flexibility index (Phi) is 5.73. The van der Waals surface area contributed by atoms with Gasteiger partial charge in [-0.25, -0.2) is 0 Å². The minimum Gasteiger partial charge on any atom is -0.462 e.